The maximum Gasteiger partial charge on any atom is 0.171 e. The molecule has 0 atom stereocenters. The highest BCUT2D eigenvalue weighted by Gasteiger charge is 2.09. The zero-order valence-electron chi connectivity index (χ0n) is 10.5. The van der Waals surface area contributed by atoms with E-state index >= 15 is 0 Å². The second kappa shape index (κ2) is 5.49. The fourth-order valence-electron chi connectivity index (χ4n) is 1.84. The topological polar surface area (TPSA) is 52.3 Å². The Hall–Kier alpha value is -2.10. The standard InChI is InChI=1S/C14H15NO3/c1-10-4-3-5-11(7-14(10)17-2)6-13-8-12(9-16)15-18-13/h4-5,7-9H,3,6H2,1-2H3. The molecule has 2 rings (SSSR count). The van der Waals surface area contributed by atoms with Crippen LogP contribution in [0.4, 0.5) is 0 Å². The number of rotatable bonds is 4. The molecule has 18 heavy (non-hydrogen) atoms. The van der Waals surface area contributed by atoms with Gasteiger partial charge in [-0.1, -0.05) is 17.3 Å². The Morgan fingerprint density at radius 3 is 3.00 bits per heavy atom. The van der Waals surface area contributed by atoms with Crippen LogP contribution in [-0.4, -0.2) is 18.6 Å². The molecule has 1 aliphatic carbocycles. The average molecular weight is 245 g/mol. The fraction of sp³-hybridized carbons (Fsp3) is 0.286. The molecule has 0 bridgehead atoms. The third-order valence-electron chi connectivity index (χ3n) is 2.81. The van der Waals surface area contributed by atoms with Crippen LogP contribution in [0.3, 0.4) is 0 Å². The minimum Gasteiger partial charge on any atom is -0.496 e. The van der Waals surface area contributed by atoms with Gasteiger partial charge in [-0.25, -0.2) is 0 Å². The van der Waals surface area contributed by atoms with Crippen LogP contribution < -0.4 is 0 Å². The number of methoxy groups -OCH3 is 1. The van der Waals surface area contributed by atoms with Gasteiger partial charge in [-0.2, -0.15) is 0 Å². The summed E-state index contributed by atoms with van der Waals surface area (Å²) in [6.07, 6.45) is 8.35. The van der Waals surface area contributed by atoms with Crippen molar-refractivity contribution < 1.29 is 14.1 Å². The molecule has 0 amide bonds. The molecule has 94 valence electrons. The number of carbonyl (C=O) groups is 1. The summed E-state index contributed by atoms with van der Waals surface area (Å²) in [5, 5.41) is 3.64. The molecule has 0 N–H and O–H groups in total. The molecule has 0 radical (unpaired) electrons. The van der Waals surface area contributed by atoms with Gasteiger partial charge in [0.25, 0.3) is 0 Å². The van der Waals surface area contributed by atoms with Crippen LogP contribution in [0, 0.1) is 0 Å². The smallest absolute Gasteiger partial charge is 0.171 e. The highest BCUT2D eigenvalue weighted by atomic mass is 16.5. The molecule has 0 unspecified atom stereocenters. The van der Waals surface area contributed by atoms with E-state index in [4.69, 9.17) is 9.26 Å². The highest BCUT2D eigenvalue weighted by molar-refractivity contribution is 5.71. The van der Waals surface area contributed by atoms with Crippen LogP contribution in [0.1, 0.15) is 29.6 Å². The van der Waals surface area contributed by atoms with Crippen molar-refractivity contribution in [3.05, 3.63) is 52.7 Å². The van der Waals surface area contributed by atoms with E-state index in [0.717, 1.165) is 23.3 Å². The van der Waals surface area contributed by atoms with Crippen molar-refractivity contribution in [3.8, 4) is 0 Å². The molecule has 0 saturated carbocycles. The first-order chi connectivity index (χ1) is 8.72. The van der Waals surface area contributed by atoms with Gasteiger partial charge in [-0.3, -0.25) is 4.79 Å². The maximum atomic E-state index is 10.5. The lowest BCUT2D eigenvalue weighted by molar-refractivity contribution is 0.111. The van der Waals surface area contributed by atoms with E-state index in [-0.39, 0.29) is 0 Å². The first-order valence-electron chi connectivity index (χ1n) is 5.75. The lowest BCUT2D eigenvalue weighted by Crippen LogP contribution is -1.91. The molecule has 1 aromatic heterocycles. The lowest BCUT2D eigenvalue weighted by atomic mass is 10.1. The predicted molar refractivity (Wildman–Crippen MR) is 67.1 cm³/mol. The van der Waals surface area contributed by atoms with Gasteiger partial charge < -0.3 is 9.26 Å². The third-order valence-corrected chi connectivity index (χ3v) is 2.81. The molecule has 0 spiro atoms. The quantitative estimate of drug-likeness (QED) is 0.765. The molecule has 4 heteroatoms. The lowest BCUT2D eigenvalue weighted by Gasteiger charge is -2.05. The number of hydrogen-bond acceptors (Lipinski definition) is 4. The van der Waals surface area contributed by atoms with Crippen LogP contribution in [0.25, 0.3) is 0 Å². The summed E-state index contributed by atoms with van der Waals surface area (Å²) in [5.74, 6) is 1.53. The molecular weight excluding hydrogens is 230 g/mol. The number of aldehydes is 1. The Labute approximate surface area is 106 Å². The van der Waals surface area contributed by atoms with Crippen molar-refractivity contribution in [1.82, 2.24) is 5.16 Å². The molecule has 0 aromatic carbocycles. The number of nitrogens with zero attached hydrogens (tertiary/aromatic N) is 1. The minimum absolute atomic E-state index is 0.324. The number of allylic oxidation sites excluding steroid dienone is 5. The van der Waals surface area contributed by atoms with Gasteiger partial charge in [0.2, 0.25) is 0 Å². The summed E-state index contributed by atoms with van der Waals surface area (Å²) >= 11 is 0. The first-order valence-corrected chi connectivity index (χ1v) is 5.75. The van der Waals surface area contributed by atoms with Gasteiger partial charge in [0.05, 0.1) is 7.11 Å². The summed E-state index contributed by atoms with van der Waals surface area (Å²) in [6.45, 7) is 2.02. The molecule has 1 heterocycles. The van der Waals surface area contributed by atoms with Crippen LogP contribution in [0.2, 0.25) is 0 Å². The Morgan fingerprint density at radius 2 is 2.33 bits per heavy atom. The Morgan fingerprint density at radius 1 is 1.50 bits per heavy atom. The minimum atomic E-state index is 0.324. The number of aromatic nitrogens is 1. The second-order valence-electron chi connectivity index (χ2n) is 4.13. The van der Waals surface area contributed by atoms with Crippen LogP contribution in [0.15, 0.2) is 45.7 Å². The highest BCUT2D eigenvalue weighted by Crippen LogP contribution is 2.21. The zero-order chi connectivity index (χ0) is 13.0. The molecule has 0 saturated heterocycles. The van der Waals surface area contributed by atoms with Gasteiger partial charge >= 0.3 is 0 Å². The van der Waals surface area contributed by atoms with Gasteiger partial charge in [0, 0.05) is 12.5 Å². The largest absolute Gasteiger partial charge is 0.496 e. The Kier molecular flexibility index (Phi) is 3.77. The molecule has 1 aliphatic rings. The summed E-state index contributed by atoms with van der Waals surface area (Å²) in [4.78, 5) is 10.5. The van der Waals surface area contributed by atoms with Gasteiger partial charge in [-0.15, -0.1) is 0 Å². The predicted octanol–water partition coefficient (Wildman–Crippen LogP) is 2.84. The monoisotopic (exact) mass is 245 g/mol. The van der Waals surface area contributed by atoms with E-state index in [1.165, 1.54) is 0 Å². The third kappa shape index (κ3) is 2.77. The van der Waals surface area contributed by atoms with E-state index in [1.54, 1.807) is 13.2 Å². The van der Waals surface area contributed by atoms with Gasteiger partial charge in [0.1, 0.15) is 17.2 Å². The van der Waals surface area contributed by atoms with E-state index in [0.29, 0.717) is 24.2 Å². The maximum absolute atomic E-state index is 10.5. The number of hydrogen-bond donors (Lipinski definition) is 0. The SMILES string of the molecule is COC1=CC(Cc2cc(C=O)no2)=CCC=C1C. The van der Waals surface area contributed by atoms with Crippen molar-refractivity contribution in [2.75, 3.05) is 7.11 Å². The zero-order valence-corrected chi connectivity index (χ0v) is 10.5. The van der Waals surface area contributed by atoms with Gasteiger partial charge in [0.15, 0.2) is 6.29 Å². The van der Waals surface area contributed by atoms with Crippen molar-refractivity contribution >= 4 is 6.29 Å². The van der Waals surface area contributed by atoms with E-state index < -0.39 is 0 Å². The molecule has 0 fully saturated rings. The second-order valence-corrected chi connectivity index (χ2v) is 4.13. The van der Waals surface area contributed by atoms with Crippen molar-refractivity contribution in [2.24, 2.45) is 0 Å². The normalized spacial score (nSPS) is 15.3. The number of ether oxygens (including phenoxy) is 1. The molecule has 4 nitrogen and oxygen atoms in total. The summed E-state index contributed by atoms with van der Waals surface area (Å²) in [5.41, 5.74) is 2.54. The van der Waals surface area contributed by atoms with Gasteiger partial charge in [-0.05, 0) is 30.6 Å². The molecular formula is C14H15NO3. The average Bonchev–Trinajstić information content (AvgIpc) is 2.74. The van der Waals surface area contributed by atoms with Crippen molar-refractivity contribution in [2.45, 2.75) is 19.8 Å². The molecule has 1 aromatic rings. The van der Waals surface area contributed by atoms with E-state index in [2.05, 4.69) is 17.3 Å². The van der Waals surface area contributed by atoms with E-state index in [9.17, 15) is 4.79 Å². The molecule has 0 aliphatic heterocycles. The van der Waals surface area contributed by atoms with Crippen molar-refractivity contribution in [1.29, 1.82) is 0 Å². The fourth-order valence-corrected chi connectivity index (χ4v) is 1.84. The van der Waals surface area contributed by atoms with E-state index in [1.807, 2.05) is 13.0 Å². The van der Waals surface area contributed by atoms with Crippen LogP contribution in [0.5, 0.6) is 0 Å². The summed E-state index contributed by atoms with van der Waals surface area (Å²) < 4.78 is 10.4. The van der Waals surface area contributed by atoms with Crippen LogP contribution >= 0.6 is 0 Å². The van der Waals surface area contributed by atoms with Crippen LogP contribution in [-0.2, 0) is 11.2 Å². The number of carbonyl (C=O) groups excluding carboxylic acids is 1. The summed E-state index contributed by atoms with van der Waals surface area (Å²) in [6, 6.07) is 1.65. The summed E-state index contributed by atoms with van der Waals surface area (Å²) in [7, 11) is 1.66. The van der Waals surface area contributed by atoms with Crippen molar-refractivity contribution in [3.63, 3.8) is 0 Å². The Balaban J connectivity index is 2.16. The Bertz CT molecular complexity index is 535. The first kappa shape index (κ1) is 12.4.